The Labute approximate surface area is 283 Å². The molecule has 19 nitrogen and oxygen atoms in total. The number of aryl methyl sites for hydroxylation is 4. The van der Waals surface area contributed by atoms with Gasteiger partial charge in [-0.15, -0.1) is 0 Å². The highest BCUT2D eigenvalue weighted by atomic mass is 35.5. The van der Waals surface area contributed by atoms with Gasteiger partial charge in [0.15, 0.2) is 5.65 Å². The number of carboxylic acid groups (broad SMARTS) is 1. The summed E-state index contributed by atoms with van der Waals surface area (Å²) < 4.78 is 9.58. The van der Waals surface area contributed by atoms with Crippen molar-refractivity contribution in [1.29, 1.82) is 0 Å². The monoisotopic (exact) mass is 696 g/mol. The largest absolute Gasteiger partial charge is 0.477 e. The molecule has 258 valence electrons. The van der Waals surface area contributed by atoms with Crippen molar-refractivity contribution in [1.82, 2.24) is 49.8 Å². The Morgan fingerprint density at radius 1 is 0.694 bits per heavy atom. The number of hydrogen-bond acceptors (Lipinski definition) is 17. The number of H-pyrrole nitrogens is 1. The second kappa shape index (κ2) is 18.8. The molecule has 6 N–H and O–H groups in total. The van der Waals surface area contributed by atoms with Crippen LogP contribution in [-0.4, -0.2) is 86.1 Å². The number of fused-ring (bicyclic) bond motifs is 1. The number of aromatic carboxylic acids is 1. The zero-order valence-electron chi connectivity index (χ0n) is 27.3. The third-order valence-electron chi connectivity index (χ3n) is 5.92. The Morgan fingerprint density at radius 3 is 1.59 bits per heavy atom. The number of carbonyl (C=O) groups is 3. The molecule has 0 saturated heterocycles. The molecule has 0 spiro atoms. The van der Waals surface area contributed by atoms with E-state index in [1.807, 2.05) is 0 Å². The van der Waals surface area contributed by atoms with Crippen LogP contribution < -0.4 is 17.0 Å². The van der Waals surface area contributed by atoms with Crippen LogP contribution in [0.25, 0.3) is 11.0 Å². The van der Waals surface area contributed by atoms with E-state index < -0.39 is 17.9 Å². The van der Waals surface area contributed by atoms with Gasteiger partial charge in [-0.3, -0.25) is 4.79 Å². The third-order valence-corrected chi connectivity index (χ3v) is 6.21. The van der Waals surface area contributed by atoms with Crippen LogP contribution in [0.5, 0.6) is 0 Å². The SMILES string of the molecule is CCOC(=O)c1c(C)ncnc1Cl.CCOC(=O)c1c(C)ncnc1N.Cc1ncnc(N)c1C(=O)O.Cc1ncnc2nc[nH]c(=O)c12. The number of nitrogens with zero attached hydrogens (tertiary/aromatic N) is 9. The van der Waals surface area contributed by atoms with Crippen LogP contribution in [0.4, 0.5) is 11.6 Å². The fourth-order valence-corrected chi connectivity index (χ4v) is 3.89. The van der Waals surface area contributed by atoms with Crippen LogP contribution in [0.2, 0.25) is 5.15 Å². The molecule has 0 fully saturated rings. The first-order valence-electron chi connectivity index (χ1n) is 14.1. The summed E-state index contributed by atoms with van der Waals surface area (Å²) in [7, 11) is 0. The van der Waals surface area contributed by atoms with Crippen molar-refractivity contribution in [2.24, 2.45) is 0 Å². The summed E-state index contributed by atoms with van der Waals surface area (Å²) >= 11 is 5.71. The average molecular weight is 697 g/mol. The normalized spacial score (nSPS) is 9.86. The number of nitrogens with one attached hydrogen (secondary N) is 1. The van der Waals surface area contributed by atoms with Crippen molar-refractivity contribution in [3.05, 3.63) is 86.6 Å². The summed E-state index contributed by atoms with van der Waals surface area (Å²) in [5, 5.41) is 9.18. The van der Waals surface area contributed by atoms with Gasteiger partial charge in [0.1, 0.15) is 64.2 Å². The highest BCUT2D eigenvalue weighted by Crippen LogP contribution is 2.16. The minimum atomic E-state index is -1.10. The summed E-state index contributed by atoms with van der Waals surface area (Å²) in [6.45, 7) is 10.8. The van der Waals surface area contributed by atoms with Gasteiger partial charge < -0.3 is 31.0 Å². The second-order valence-electron chi connectivity index (χ2n) is 9.20. The molecule has 0 amide bonds. The summed E-state index contributed by atoms with van der Waals surface area (Å²) in [5.41, 5.74) is 13.6. The lowest BCUT2D eigenvalue weighted by molar-refractivity contribution is 0.0515. The van der Waals surface area contributed by atoms with Gasteiger partial charge in [-0.25, -0.2) is 59.2 Å². The first kappa shape index (κ1) is 38.9. The molecule has 49 heavy (non-hydrogen) atoms. The van der Waals surface area contributed by atoms with Crippen LogP contribution in [0.15, 0.2) is 36.4 Å². The predicted octanol–water partition coefficient (Wildman–Crippen LogP) is 2.25. The van der Waals surface area contributed by atoms with E-state index in [9.17, 15) is 19.2 Å². The third kappa shape index (κ3) is 10.9. The van der Waals surface area contributed by atoms with Gasteiger partial charge >= 0.3 is 17.9 Å². The molecule has 5 aromatic heterocycles. The lowest BCUT2D eigenvalue weighted by atomic mass is 10.2. The van der Waals surface area contributed by atoms with Crippen molar-refractivity contribution in [2.75, 3.05) is 24.7 Å². The molecule has 0 aliphatic rings. The van der Waals surface area contributed by atoms with Gasteiger partial charge in [0.05, 0.1) is 42.3 Å². The van der Waals surface area contributed by atoms with Gasteiger partial charge in [-0.2, -0.15) is 0 Å². The average Bonchev–Trinajstić information content (AvgIpc) is 3.02. The number of ether oxygens (including phenoxy) is 2. The number of esters is 2. The van der Waals surface area contributed by atoms with Gasteiger partial charge in [-0.1, -0.05) is 11.6 Å². The number of aromatic nitrogens is 10. The van der Waals surface area contributed by atoms with Gasteiger partial charge in [0.25, 0.3) is 5.56 Å². The van der Waals surface area contributed by atoms with Crippen molar-refractivity contribution in [2.45, 2.75) is 41.5 Å². The van der Waals surface area contributed by atoms with Crippen molar-refractivity contribution in [3.63, 3.8) is 0 Å². The van der Waals surface area contributed by atoms with Gasteiger partial charge in [-0.05, 0) is 41.5 Å². The topological polar surface area (TPSA) is 291 Å². The summed E-state index contributed by atoms with van der Waals surface area (Å²) in [6.07, 6.45) is 6.58. The number of halogens is 1. The fraction of sp³-hybridized carbons (Fsp3) is 0.276. The van der Waals surface area contributed by atoms with Crippen LogP contribution in [0, 0.1) is 27.7 Å². The first-order valence-corrected chi connectivity index (χ1v) is 14.5. The number of carboxylic acids is 1. The Hall–Kier alpha value is -6.24. The number of nitrogen functional groups attached to an aromatic ring is 2. The Bertz CT molecular complexity index is 1860. The number of hydrogen-bond donors (Lipinski definition) is 4. The highest BCUT2D eigenvalue weighted by Gasteiger charge is 2.17. The van der Waals surface area contributed by atoms with E-state index >= 15 is 0 Å². The van der Waals surface area contributed by atoms with E-state index in [1.54, 1.807) is 41.5 Å². The van der Waals surface area contributed by atoms with Crippen LogP contribution >= 0.6 is 11.6 Å². The molecule has 0 aromatic carbocycles. The van der Waals surface area contributed by atoms with E-state index in [0.717, 1.165) is 0 Å². The minimum absolute atomic E-state index is 0.00463. The molecule has 0 bridgehead atoms. The zero-order chi connectivity index (χ0) is 36.7. The summed E-state index contributed by atoms with van der Waals surface area (Å²) in [4.78, 5) is 80.8. The maximum Gasteiger partial charge on any atom is 0.343 e. The zero-order valence-corrected chi connectivity index (χ0v) is 28.0. The van der Waals surface area contributed by atoms with Crippen LogP contribution in [0.3, 0.4) is 0 Å². The molecule has 0 saturated carbocycles. The smallest absolute Gasteiger partial charge is 0.343 e. The van der Waals surface area contributed by atoms with Crippen molar-refractivity contribution in [3.8, 4) is 0 Å². The standard InChI is InChI=1S/C8H9ClN2O2.C8H11N3O2.C7H6N4O.C6H7N3O2/c2*1-3-13-8(12)6-5(2)10-4-11-7(6)9;1-4-5-6(9-2-8-4)10-3-11-7(5)12;1-3-4(6(10)11)5(7)9-2-8-3/h4H,3H2,1-2H3;4H,3H2,1-2H3,(H2,9,10,11);2-3H,1H3,(H,8,9,10,11,12);2H,1H3,(H,10,11)(H2,7,8,9). The summed E-state index contributed by atoms with van der Waals surface area (Å²) in [5.74, 6) is -1.89. The van der Waals surface area contributed by atoms with Gasteiger partial charge in [0, 0.05) is 0 Å². The molecular weight excluding hydrogens is 664 g/mol. The Kier molecular flexibility index (Phi) is 14.9. The van der Waals surface area contributed by atoms with Crippen molar-refractivity contribution < 1.29 is 29.0 Å². The molecule has 5 rings (SSSR count). The quantitative estimate of drug-likeness (QED) is 0.151. The van der Waals surface area contributed by atoms with Crippen LogP contribution in [-0.2, 0) is 9.47 Å². The fourth-order valence-electron chi connectivity index (χ4n) is 3.63. The lowest BCUT2D eigenvalue weighted by Gasteiger charge is -2.05. The number of anilines is 2. The maximum atomic E-state index is 11.3. The first-order chi connectivity index (χ1) is 23.2. The Balaban J connectivity index is 0.000000227. The van der Waals surface area contributed by atoms with E-state index in [2.05, 4.69) is 49.8 Å². The number of aromatic amines is 1. The molecule has 0 aliphatic heterocycles. The number of rotatable bonds is 5. The number of nitrogens with two attached hydrogens (primary N) is 2. The molecule has 0 atom stereocenters. The van der Waals surface area contributed by atoms with E-state index in [-0.39, 0.29) is 39.0 Å². The molecule has 0 unspecified atom stereocenters. The number of carbonyl (C=O) groups excluding carboxylic acids is 2. The summed E-state index contributed by atoms with van der Waals surface area (Å²) in [6, 6.07) is 0. The molecular formula is C29H33ClN12O7. The molecule has 0 aliphatic carbocycles. The van der Waals surface area contributed by atoms with E-state index in [4.69, 9.17) is 37.6 Å². The minimum Gasteiger partial charge on any atom is -0.477 e. The van der Waals surface area contributed by atoms with Gasteiger partial charge in [0.2, 0.25) is 0 Å². The molecule has 0 radical (unpaired) electrons. The molecule has 5 heterocycles. The van der Waals surface area contributed by atoms with Crippen molar-refractivity contribution >= 4 is 52.2 Å². The molecule has 20 heteroatoms. The molecule has 5 aromatic rings. The van der Waals surface area contributed by atoms with E-state index in [1.165, 1.54) is 31.6 Å². The van der Waals surface area contributed by atoms with Crippen LogP contribution in [0.1, 0.15) is 67.7 Å². The highest BCUT2D eigenvalue weighted by molar-refractivity contribution is 6.32. The maximum absolute atomic E-state index is 11.3. The second-order valence-corrected chi connectivity index (χ2v) is 9.56. The Morgan fingerprint density at radius 2 is 1.14 bits per heavy atom. The van der Waals surface area contributed by atoms with E-state index in [0.29, 0.717) is 47.0 Å². The predicted molar refractivity (Wildman–Crippen MR) is 176 cm³/mol. The lowest BCUT2D eigenvalue weighted by Crippen LogP contribution is -2.12.